The maximum Gasteiger partial charge on any atom is 0.240 e. The van der Waals surface area contributed by atoms with Crippen LogP contribution in [0.2, 0.25) is 0 Å². The van der Waals surface area contributed by atoms with Crippen LogP contribution in [0.4, 0.5) is 0 Å². The van der Waals surface area contributed by atoms with Crippen LogP contribution in [-0.4, -0.2) is 11.9 Å². The van der Waals surface area contributed by atoms with Crippen molar-refractivity contribution in [3.05, 3.63) is 0 Å². The van der Waals surface area contributed by atoms with E-state index in [2.05, 4.69) is 25.2 Å². The van der Waals surface area contributed by atoms with E-state index in [-0.39, 0.29) is 11.9 Å². The number of nitrogens with zero attached hydrogens (tertiary/aromatic N) is 1. The summed E-state index contributed by atoms with van der Waals surface area (Å²) < 4.78 is 0. The van der Waals surface area contributed by atoms with Gasteiger partial charge in [0.2, 0.25) is 5.91 Å². The van der Waals surface area contributed by atoms with Crippen molar-refractivity contribution >= 4 is 5.91 Å². The first-order chi connectivity index (χ1) is 7.94. The SMILES string of the molecule is CCC(C)(C#N)C(=O)NC1CCCC(C)C1C. The Morgan fingerprint density at radius 1 is 1.47 bits per heavy atom. The lowest BCUT2D eigenvalue weighted by atomic mass is 9.77. The van der Waals surface area contributed by atoms with Gasteiger partial charge in [0.25, 0.3) is 0 Å². The van der Waals surface area contributed by atoms with Crippen LogP contribution in [0.5, 0.6) is 0 Å². The van der Waals surface area contributed by atoms with Gasteiger partial charge < -0.3 is 5.32 Å². The molecule has 0 spiro atoms. The first-order valence-electron chi connectivity index (χ1n) is 6.66. The Hall–Kier alpha value is -1.04. The molecular formula is C14H24N2O. The molecule has 0 aliphatic heterocycles. The fourth-order valence-corrected chi connectivity index (χ4v) is 2.40. The van der Waals surface area contributed by atoms with E-state index in [1.54, 1.807) is 6.92 Å². The van der Waals surface area contributed by atoms with E-state index in [0.29, 0.717) is 18.3 Å². The van der Waals surface area contributed by atoms with Gasteiger partial charge in [-0.15, -0.1) is 0 Å². The smallest absolute Gasteiger partial charge is 0.240 e. The summed E-state index contributed by atoms with van der Waals surface area (Å²) in [6.45, 7) is 8.05. The summed E-state index contributed by atoms with van der Waals surface area (Å²) >= 11 is 0. The highest BCUT2D eigenvalue weighted by Gasteiger charge is 2.35. The normalized spacial score (nSPS) is 32.3. The molecule has 1 saturated carbocycles. The number of amides is 1. The molecule has 1 amide bonds. The number of nitriles is 1. The van der Waals surface area contributed by atoms with Gasteiger partial charge in [-0.2, -0.15) is 5.26 Å². The number of rotatable bonds is 3. The largest absolute Gasteiger partial charge is 0.352 e. The summed E-state index contributed by atoms with van der Waals surface area (Å²) in [4.78, 5) is 12.1. The van der Waals surface area contributed by atoms with Gasteiger partial charge in [0.05, 0.1) is 6.07 Å². The average molecular weight is 236 g/mol. The molecule has 3 nitrogen and oxygen atoms in total. The summed E-state index contributed by atoms with van der Waals surface area (Å²) in [5.41, 5.74) is -0.875. The van der Waals surface area contributed by atoms with Crippen LogP contribution >= 0.6 is 0 Å². The molecule has 0 saturated heterocycles. The third-order valence-corrected chi connectivity index (χ3v) is 4.48. The van der Waals surface area contributed by atoms with Crippen molar-refractivity contribution < 1.29 is 4.79 Å². The Balaban J connectivity index is 2.65. The van der Waals surface area contributed by atoms with Crippen molar-refractivity contribution in [2.24, 2.45) is 17.3 Å². The van der Waals surface area contributed by atoms with Crippen molar-refractivity contribution in [2.75, 3.05) is 0 Å². The molecule has 1 rings (SSSR count). The standard InChI is InChI=1S/C14H24N2O/c1-5-14(4,9-15)13(17)16-12-8-6-7-10(2)11(12)3/h10-12H,5-8H2,1-4H3,(H,16,17). The van der Waals surface area contributed by atoms with E-state index in [4.69, 9.17) is 5.26 Å². The molecule has 0 bridgehead atoms. The molecule has 0 heterocycles. The van der Waals surface area contributed by atoms with Gasteiger partial charge in [0.1, 0.15) is 5.41 Å². The van der Waals surface area contributed by atoms with Crippen molar-refractivity contribution in [1.29, 1.82) is 5.26 Å². The molecule has 1 fully saturated rings. The Morgan fingerprint density at radius 2 is 2.12 bits per heavy atom. The van der Waals surface area contributed by atoms with Gasteiger partial charge in [0.15, 0.2) is 0 Å². The molecule has 4 atom stereocenters. The third kappa shape index (κ3) is 3.00. The number of hydrogen-bond donors (Lipinski definition) is 1. The predicted octanol–water partition coefficient (Wildman–Crippen LogP) is 2.87. The molecule has 0 aromatic carbocycles. The molecule has 0 aromatic heterocycles. The Labute approximate surface area is 105 Å². The zero-order chi connectivity index (χ0) is 13.1. The van der Waals surface area contributed by atoms with Crippen LogP contribution in [0.1, 0.15) is 53.4 Å². The third-order valence-electron chi connectivity index (χ3n) is 4.48. The second-order valence-electron chi connectivity index (χ2n) is 5.64. The lowest BCUT2D eigenvalue weighted by Gasteiger charge is -2.36. The fourth-order valence-electron chi connectivity index (χ4n) is 2.40. The number of carbonyl (C=O) groups excluding carboxylic acids is 1. The summed E-state index contributed by atoms with van der Waals surface area (Å²) in [6, 6.07) is 2.37. The van der Waals surface area contributed by atoms with Gasteiger partial charge in [0, 0.05) is 6.04 Å². The van der Waals surface area contributed by atoms with Gasteiger partial charge in [-0.05, 0) is 31.6 Å². The van der Waals surface area contributed by atoms with Gasteiger partial charge in [-0.25, -0.2) is 0 Å². The van der Waals surface area contributed by atoms with E-state index < -0.39 is 5.41 Å². The second kappa shape index (κ2) is 5.53. The van der Waals surface area contributed by atoms with Crippen LogP contribution in [0.3, 0.4) is 0 Å². The molecule has 3 heteroatoms. The van der Waals surface area contributed by atoms with E-state index in [9.17, 15) is 4.79 Å². The van der Waals surface area contributed by atoms with Gasteiger partial charge in [-0.3, -0.25) is 4.79 Å². The van der Waals surface area contributed by atoms with E-state index >= 15 is 0 Å². The van der Waals surface area contributed by atoms with Crippen LogP contribution < -0.4 is 5.32 Å². The van der Waals surface area contributed by atoms with E-state index in [1.165, 1.54) is 12.8 Å². The maximum atomic E-state index is 12.1. The first kappa shape index (κ1) is 14.0. The van der Waals surface area contributed by atoms with E-state index in [1.807, 2.05) is 6.92 Å². The molecule has 1 aliphatic rings. The highest BCUT2D eigenvalue weighted by Crippen LogP contribution is 2.30. The topological polar surface area (TPSA) is 52.9 Å². The maximum absolute atomic E-state index is 12.1. The molecular weight excluding hydrogens is 212 g/mol. The Morgan fingerprint density at radius 3 is 2.65 bits per heavy atom. The monoisotopic (exact) mass is 236 g/mol. The van der Waals surface area contributed by atoms with Crippen molar-refractivity contribution in [1.82, 2.24) is 5.32 Å². The minimum Gasteiger partial charge on any atom is -0.352 e. The zero-order valence-corrected chi connectivity index (χ0v) is 11.4. The number of carbonyl (C=O) groups is 1. The number of hydrogen-bond acceptors (Lipinski definition) is 2. The van der Waals surface area contributed by atoms with E-state index in [0.717, 1.165) is 6.42 Å². The summed E-state index contributed by atoms with van der Waals surface area (Å²) in [5.74, 6) is 1.06. The van der Waals surface area contributed by atoms with Gasteiger partial charge >= 0.3 is 0 Å². The lowest BCUT2D eigenvalue weighted by molar-refractivity contribution is -0.129. The van der Waals surface area contributed by atoms with Crippen LogP contribution in [0, 0.1) is 28.6 Å². The first-order valence-corrected chi connectivity index (χ1v) is 6.66. The average Bonchev–Trinajstić information content (AvgIpc) is 2.33. The molecule has 17 heavy (non-hydrogen) atoms. The fraction of sp³-hybridized carbons (Fsp3) is 0.857. The quantitative estimate of drug-likeness (QED) is 0.819. The van der Waals surface area contributed by atoms with Crippen molar-refractivity contribution in [3.8, 4) is 6.07 Å². The summed E-state index contributed by atoms with van der Waals surface area (Å²) in [7, 11) is 0. The molecule has 1 N–H and O–H groups in total. The Bertz CT molecular complexity index is 321. The molecule has 96 valence electrons. The minimum absolute atomic E-state index is 0.103. The highest BCUT2D eigenvalue weighted by molar-refractivity contribution is 5.85. The predicted molar refractivity (Wildman–Crippen MR) is 68.1 cm³/mol. The van der Waals surface area contributed by atoms with Crippen molar-refractivity contribution in [2.45, 2.75) is 59.4 Å². The highest BCUT2D eigenvalue weighted by atomic mass is 16.2. The van der Waals surface area contributed by atoms with Crippen LogP contribution in [0.15, 0.2) is 0 Å². The second-order valence-corrected chi connectivity index (χ2v) is 5.64. The molecule has 1 aliphatic carbocycles. The van der Waals surface area contributed by atoms with Crippen LogP contribution in [-0.2, 0) is 4.79 Å². The zero-order valence-electron chi connectivity index (χ0n) is 11.4. The van der Waals surface area contributed by atoms with Crippen LogP contribution in [0.25, 0.3) is 0 Å². The summed E-state index contributed by atoms with van der Waals surface area (Å²) in [5, 5.41) is 12.2. The lowest BCUT2D eigenvalue weighted by Crippen LogP contribution is -2.48. The minimum atomic E-state index is -0.875. The molecule has 4 unspecified atom stereocenters. The van der Waals surface area contributed by atoms with Crippen molar-refractivity contribution in [3.63, 3.8) is 0 Å². The molecule has 0 radical (unpaired) electrons. The summed E-state index contributed by atoms with van der Waals surface area (Å²) in [6.07, 6.45) is 4.02. The number of nitrogens with one attached hydrogen (secondary N) is 1. The Kier molecular flexibility index (Phi) is 4.56. The molecule has 0 aromatic rings. The van der Waals surface area contributed by atoms with Gasteiger partial charge in [-0.1, -0.05) is 33.6 Å².